The van der Waals surface area contributed by atoms with Crippen LogP contribution in [0.1, 0.15) is 12.0 Å². The molecule has 2 heterocycles. The van der Waals surface area contributed by atoms with Crippen molar-refractivity contribution in [3.8, 4) is 11.5 Å². The molecule has 0 fully saturated rings. The first-order valence-corrected chi connectivity index (χ1v) is 8.37. The van der Waals surface area contributed by atoms with Crippen molar-refractivity contribution in [3.05, 3.63) is 76.5 Å². The highest BCUT2D eigenvalue weighted by Crippen LogP contribution is 2.16. The second-order valence-electron chi connectivity index (χ2n) is 6.02. The van der Waals surface area contributed by atoms with Crippen LogP contribution >= 0.6 is 0 Å². The summed E-state index contributed by atoms with van der Waals surface area (Å²) in [7, 11) is 0. The van der Waals surface area contributed by atoms with Gasteiger partial charge in [0.05, 0.1) is 12.3 Å². The summed E-state index contributed by atoms with van der Waals surface area (Å²) in [5.41, 5.74) is 2.23. The number of carbonyl (C=O) groups is 1. The second-order valence-corrected chi connectivity index (χ2v) is 6.02. The molecule has 3 aromatic rings. The molecule has 1 aliphatic heterocycles. The summed E-state index contributed by atoms with van der Waals surface area (Å²) >= 11 is 0. The van der Waals surface area contributed by atoms with E-state index >= 15 is 0 Å². The Morgan fingerprint density at radius 3 is 2.56 bits per heavy atom. The normalized spacial score (nSPS) is 13.7. The number of carbonyl (C=O) groups excluding carboxylic acids is 1. The predicted octanol–water partition coefficient (Wildman–Crippen LogP) is 2.28. The number of hydrazone groups is 1. The predicted molar refractivity (Wildman–Crippen MR) is 95.5 cm³/mol. The number of hydrogen-bond acceptors (Lipinski definition) is 5. The van der Waals surface area contributed by atoms with Crippen molar-refractivity contribution in [2.45, 2.75) is 13.0 Å². The molecule has 7 nitrogen and oxygen atoms in total. The molecule has 1 amide bonds. The highest BCUT2D eigenvalue weighted by Gasteiger charge is 2.23. The largest absolute Gasteiger partial charge is 0.437 e. The summed E-state index contributed by atoms with van der Waals surface area (Å²) in [5.74, 6) is -1.49. The van der Waals surface area contributed by atoms with Crippen molar-refractivity contribution in [2.75, 3.05) is 6.54 Å². The molecule has 1 aromatic heterocycles. The number of nitrogens with zero attached hydrogens (tertiary/aromatic N) is 4. The molecule has 136 valence electrons. The van der Waals surface area contributed by atoms with Crippen molar-refractivity contribution in [1.82, 2.24) is 14.8 Å². The first-order chi connectivity index (χ1) is 13.1. The van der Waals surface area contributed by atoms with Crippen LogP contribution in [0, 0.1) is 5.82 Å². The van der Waals surface area contributed by atoms with Gasteiger partial charge in [0.25, 0.3) is 5.91 Å². The number of hydrogen-bond donors (Lipinski definition) is 0. The Hall–Kier alpha value is -3.55. The van der Waals surface area contributed by atoms with Gasteiger partial charge in [-0.3, -0.25) is 4.79 Å². The fraction of sp³-hybridized carbons (Fsp3) is 0.158. The van der Waals surface area contributed by atoms with Gasteiger partial charge in [0, 0.05) is 12.0 Å². The molecule has 4 rings (SSSR count). The van der Waals surface area contributed by atoms with E-state index < -0.39 is 11.6 Å². The molecule has 0 aliphatic carbocycles. The molecule has 0 saturated carbocycles. The van der Waals surface area contributed by atoms with Crippen LogP contribution in [-0.2, 0) is 11.3 Å². The van der Waals surface area contributed by atoms with E-state index in [-0.39, 0.29) is 18.3 Å². The Balaban J connectivity index is 1.50. The molecular weight excluding hydrogens is 351 g/mol. The number of halogens is 1. The lowest BCUT2D eigenvalue weighted by Crippen LogP contribution is -2.31. The van der Waals surface area contributed by atoms with E-state index in [1.54, 1.807) is 0 Å². The molecule has 1 aliphatic rings. The van der Waals surface area contributed by atoms with Gasteiger partial charge in [-0.2, -0.15) is 9.78 Å². The summed E-state index contributed by atoms with van der Waals surface area (Å²) in [4.78, 5) is 24.4. The maximum absolute atomic E-state index is 13.0. The minimum Gasteiger partial charge on any atom is -0.388 e. The maximum Gasteiger partial charge on any atom is 0.437 e. The Bertz CT molecular complexity index is 1050. The molecule has 2 aromatic carbocycles. The molecule has 0 bridgehead atoms. The van der Waals surface area contributed by atoms with Crippen LogP contribution in [0.5, 0.6) is 0 Å². The van der Waals surface area contributed by atoms with Crippen LogP contribution in [0.2, 0.25) is 0 Å². The molecule has 0 N–H and O–H groups in total. The Labute approximate surface area is 153 Å². The molecule has 0 spiro atoms. The lowest BCUT2D eigenvalue weighted by Gasteiger charge is -2.10. The zero-order valence-electron chi connectivity index (χ0n) is 14.2. The van der Waals surface area contributed by atoms with Gasteiger partial charge in [0.1, 0.15) is 12.4 Å². The minimum absolute atomic E-state index is 0.0303. The third-order valence-electron chi connectivity index (χ3n) is 4.18. The van der Waals surface area contributed by atoms with Crippen molar-refractivity contribution in [1.29, 1.82) is 0 Å². The molecule has 0 radical (unpaired) electrons. The fourth-order valence-corrected chi connectivity index (χ4v) is 2.80. The van der Waals surface area contributed by atoms with E-state index in [2.05, 4.69) is 10.2 Å². The van der Waals surface area contributed by atoms with Gasteiger partial charge in [0.2, 0.25) is 5.89 Å². The van der Waals surface area contributed by atoms with Gasteiger partial charge in [-0.25, -0.2) is 14.2 Å². The van der Waals surface area contributed by atoms with Crippen molar-refractivity contribution >= 4 is 11.6 Å². The molecule has 27 heavy (non-hydrogen) atoms. The van der Waals surface area contributed by atoms with E-state index in [1.807, 2.05) is 30.3 Å². The third-order valence-corrected chi connectivity index (χ3v) is 4.18. The standard InChI is InChI=1S/C19H15FN4O3/c20-15-8-6-14(7-9-15)18-22-24(19(26)27-18)12-17(25)23-11-10-16(21-23)13-4-2-1-3-5-13/h1-9H,10-12H2. The third kappa shape index (κ3) is 3.55. The molecule has 0 unspecified atom stereocenters. The number of amides is 1. The van der Waals surface area contributed by atoms with Gasteiger partial charge in [0.15, 0.2) is 0 Å². The summed E-state index contributed by atoms with van der Waals surface area (Å²) in [6.45, 7) is 0.162. The number of aromatic nitrogens is 2. The highest BCUT2D eigenvalue weighted by atomic mass is 19.1. The topological polar surface area (TPSA) is 80.7 Å². The lowest BCUT2D eigenvalue weighted by atomic mass is 10.1. The average molecular weight is 366 g/mol. The van der Waals surface area contributed by atoms with Crippen molar-refractivity contribution in [3.63, 3.8) is 0 Å². The molecule has 0 saturated heterocycles. The minimum atomic E-state index is -0.755. The maximum atomic E-state index is 13.0. The molecule has 0 atom stereocenters. The summed E-state index contributed by atoms with van der Waals surface area (Å²) in [6.07, 6.45) is 0.643. The fourth-order valence-electron chi connectivity index (χ4n) is 2.80. The molecule has 8 heteroatoms. The van der Waals surface area contributed by atoms with Crippen LogP contribution in [0.3, 0.4) is 0 Å². The summed E-state index contributed by atoms with van der Waals surface area (Å²) < 4.78 is 19.0. The van der Waals surface area contributed by atoms with Crippen molar-refractivity contribution in [2.24, 2.45) is 5.10 Å². The molecular formula is C19H15FN4O3. The van der Waals surface area contributed by atoms with Gasteiger partial charge in [-0.05, 0) is 29.8 Å². The first kappa shape index (κ1) is 16.9. The number of rotatable bonds is 4. The lowest BCUT2D eigenvalue weighted by molar-refractivity contribution is -0.131. The number of benzene rings is 2. The van der Waals surface area contributed by atoms with Crippen molar-refractivity contribution < 1.29 is 13.6 Å². The monoisotopic (exact) mass is 366 g/mol. The van der Waals surface area contributed by atoms with Gasteiger partial charge < -0.3 is 4.42 Å². The van der Waals surface area contributed by atoms with E-state index in [9.17, 15) is 14.0 Å². The quantitative estimate of drug-likeness (QED) is 0.709. The SMILES string of the molecule is O=C(Cn1nc(-c2ccc(F)cc2)oc1=O)N1CCC(c2ccccc2)=N1. The smallest absolute Gasteiger partial charge is 0.388 e. The van der Waals surface area contributed by atoms with Crippen LogP contribution in [0.4, 0.5) is 4.39 Å². The van der Waals surface area contributed by atoms with Gasteiger partial charge in [-0.1, -0.05) is 30.3 Å². The second kappa shape index (κ2) is 6.99. The summed E-state index contributed by atoms with van der Waals surface area (Å²) in [6, 6.07) is 15.0. The van der Waals surface area contributed by atoms with Gasteiger partial charge in [-0.15, -0.1) is 5.10 Å². The van der Waals surface area contributed by atoms with Crippen LogP contribution in [-0.4, -0.2) is 33.0 Å². The average Bonchev–Trinajstić information content (AvgIpc) is 3.31. The Morgan fingerprint density at radius 1 is 1.07 bits per heavy atom. The Kier molecular flexibility index (Phi) is 4.37. The van der Waals surface area contributed by atoms with Gasteiger partial charge >= 0.3 is 5.76 Å². The van der Waals surface area contributed by atoms with E-state index in [0.29, 0.717) is 18.5 Å². The van der Waals surface area contributed by atoms with E-state index in [1.165, 1.54) is 29.3 Å². The van der Waals surface area contributed by atoms with Crippen LogP contribution in [0.25, 0.3) is 11.5 Å². The zero-order chi connectivity index (χ0) is 18.8. The van der Waals surface area contributed by atoms with Crippen LogP contribution in [0.15, 0.2) is 68.9 Å². The van der Waals surface area contributed by atoms with Crippen LogP contribution < -0.4 is 5.76 Å². The highest BCUT2D eigenvalue weighted by molar-refractivity contribution is 6.02. The van der Waals surface area contributed by atoms with E-state index in [0.717, 1.165) is 16.0 Å². The van der Waals surface area contributed by atoms with E-state index in [4.69, 9.17) is 4.42 Å². The summed E-state index contributed by atoms with van der Waals surface area (Å²) in [5, 5.41) is 9.70. The first-order valence-electron chi connectivity index (χ1n) is 8.37. The zero-order valence-corrected chi connectivity index (χ0v) is 14.2. The Morgan fingerprint density at radius 2 is 1.81 bits per heavy atom.